The van der Waals surface area contributed by atoms with Crippen LogP contribution in [0.3, 0.4) is 0 Å². The largest absolute Gasteiger partial charge is 0.308 e. The first kappa shape index (κ1) is 12.9. The van der Waals surface area contributed by atoms with Crippen LogP contribution in [0.15, 0.2) is 0 Å². The molecule has 1 unspecified atom stereocenters. The summed E-state index contributed by atoms with van der Waals surface area (Å²) in [6.45, 7) is 6.19. The molecule has 15 heavy (non-hydrogen) atoms. The molecule has 0 saturated carbocycles. The molecule has 1 aliphatic heterocycles. The van der Waals surface area contributed by atoms with Gasteiger partial charge in [0, 0.05) is 26.2 Å². The van der Waals surface area contributed by atoms with Crippen molar-refractivity contribution in [3.8, 4) is 0 Å². The molecule has 0 aromatic rings. The van der Waals surface area contributed by atoms with Gasteiger partial charge >= 0.3 is 0 Å². The minimum atomic E-state index is 0.885. The van der Waals surface area contributed by atoms with Crippen molar-refractivity contribution in [1.29, 1.82) is 0 Å². The maximum Gasteiger partial charge on any atom is 0.0106 e. The lowest BCUT2D eigenvalue weighted by atomic mass is 9.98. The molecule has 0 radical (unpaired) electrons. The normalized spacial score (nSPS) is 24.0. The van der Waals surface area contributed by atoms with E-state index in [1.54, 1.807) is 0 Å². The second-order valence-corrected chi connectivity index (χ2v) is 5.34. The van der Waals surface area contributed by atoms with E-state index in [2.05, 4.69) is 42.9 Å². The van der Waals surface area contributed by atoms with Crippen LogP contribution in [-0.2, 0) is 0 Å². The predicted octanol–water partition coefficient (Wildman–Crippen LogP) is 0.822. The van der Waals surface area contributed by atoms with Crippen molar-refractivity contribution in [3.63, 3.8) is 0 Å². The van der Waals surface area contributed by atoms with Crippen molar-refractivity contribution in [3.05, 3.63) is 0 Å². The van der Waals surface area contributed by atoms with E-state index in [4.69, 9.17) is 0 Å². The highest BCUT2D eigenvalue weighted by Crippen LogP contribution is 2.15. The third-order valence-electron chi connectivity index (χ3n) is 3.22. The second kappa shape index (κ2) is 6.46. The predicted molar refractivity (Wildman–Crippen MR) is 66.3 cm³/mol. The molecule has 1 saturated heterocycles. The molecule has 1 rings (SSSR count). The van der Waals surface area contributed by atoms with Crippen LogP contribution < -0.4 is 0 Å². The van der Waals surface area contributed by atoms with Crippen LogP contribution in [0.1, 0.15) is 12.8 Å². The third-order valence-corrected chi connectivity index (χ3v) is 3.22. The molecule has 0 aromatic heterocycles. The van der Waals surface area contributed by atoms with Gasteiger partial charge in [-0.05, 0) is 53.5 Å². The Morgan fingerprint density at radius 2 is 1.93 bits per heavy atom. The highest BCUT2D eigenvalue weighted by atomic mass is 15.2. The van der Waals surface area contributed by atoms with Crippen LogP contribution in [0.5, 0.6) is 0 Å². The Balaban J connectivity index is 2.16. The maximum atomic E-state index is 2.48. The molecule has 1 aliphatic rings. The molecule has 1 fully saturated rings. The van der Waals surface area contributed by atoms with Gasteiger partial charge in [0.1, 0.15) is 0 Å². The average molecular weight is 213 g/mol. The smallest absolute Gasteiger partial charge is 0.0106 e. The molecular weight excluding hydrogens is 186 g/mol. The van der Waals surface area contributed by atoms with Gasteiger partial charge in [0.25, 0.3) is 0 Å². The van der Waals surface area contributed by atoms with Gasteiger partial charge in [0.15, 0.2) is 0 Å². The van der Waals surface area contributed by atoms with E-state index in [0.29, 0.717) is 0 Å². The molecule has 0 bridgehead atoms. The fraction of sp³-hybridized carbons (Fsp3) is 1.00. The molecule has 0 aliphatic carbocycles. The number of rotatable bonds is 5. The number of hydrogen-bond donors (Lipinski definition) is 0. The van der Waals surface area contributed by atoms with E-state index in [0.717, 1.165) is 5.92 Å². The Bertz CT molecular complexity index is 170. The van der Waals surface area contributed by atoms with Gasteiger partial charge in [-0.2, -0.15) is 0 Å². The summed E-state index contributed by atoms with van der Waals surface area (Å²) in [5, 5.41) is 0. The number of piperidine rings is 1. The molecule has 3 nitrogen and oxygen atoms in total. The molecule has 0 spiro atoms. The lowest BCUT2D eigenvalue weighted by Crippen LogP contribution is -2.39. The first-order valence-electron chi connectivity index (χ1n) is 6.09. The van der Waals surface area contributed by atoms with Gasteiger partial charge in [-0.3, -0.25) is 0 Å². The van der Waals surface area contributed by atoms with Crippen LogP contribution in [-0.4, -0.2) is 75.6 Å². The zero-order chi connectivity index (χ0) is 11.3. The van der Waals surface area contributed by atoms with E-state index in [-0.39, 0.29) is 0 Å². The summed E-state index contributed by atoms with van der Waals surface area (Å²) in [6, 6.07) is 0. The Labute approximate surface area is 95.0 Å². The molecule has 0 N–H and O–H groups in total. The molecule has 1 heterocycles. The number of likely N-dealkylation sites (N-methyl/N-ethyl adjacent to an activating group) is 2. The summed E-state index contributed by atoms with van der Waals surface area (Å²) < 4.78 is 0. The maximum absolute atomic E-state index is 2.48. The van der Waals surface area contributed by atoms with Gasteiger partial charge in [-0.1, -0.05) is 0 Å². The number of likely N-dealkylation sites (tertiary alicyclic amines) is 1. The Hall–Kier alpha value is -0.120. The fourth-order valence-corrected chi connectivity index (χ4v) is 2.33. The Kier molecular flexibility index (Phi) is 5.58. The van der Waals surface area contributed by atoms with Crippen LogP contribution in [0, 0.1) is 5.92 Å². The fourth-order valence-electron chi connectivity index (χ4n) is 2.33. The minimum Gasteiger partial charge on any atom is -0.308 e. The second-order valence-electron chi connectivity index (χ2n) is 5.34. The van der Waals surface area contributed by atoms with E-state index in [1.807, 2.05) is 0 Å². The molecule has 0 aromatic carbocycles. The van der Waals surface area contributed by atoms with E-state index in [9.17, 15) is 0 Å². The molecule has 1 atom stereocenters. The van der Waals surface area contributed by atoms with Crippen LogP contribution >= 0.6 is 0 Å². The van der Waals surface area contributed by atoms with E-state index in [1.165, 1.54) is 45.6 Å². The van der Waals surface area contributed by atoms with Crippen molar-refractivity contribution >= 4 is 0 Å². The zero-order valence-electron chi connectivity index (χ0n) is 10.9. The van der Waals surface area contributed by atoms with Crippen molar-refractivity contribution in [1.82, 2.24) is 14.7 Å². The van der Waals surface area contributed by atoms with Gasteiger partial charge < -0.3 is 14.7 Å². The summed E-state index contributed by atoms with van der Waals surface area (Å²) >= 11 is 0. The van der Waals surface area contributed by atoms with Gasteiger partial charge in [0.2, 0.25) is 0 Å². The average Bonchev–Trinajstić information content (AvgIpc) is 2.15. The summed E-state index contributed by atoms with van der Waals surface area (Å²) in [5.41, 5.74) is 0. The highest BCUT2D eigenvalue weighted by Gasteiger charge is 2.18. The topological polar surface area (TPSA) is 9.72 Å². The van der Waals surface area contributed by atoms with Gasteiger partial charge in [0.05, 0.1) is 0 Å². The summed E-state index contributed by atoms with van der Waals surface area (Å²) in [7, 11) is 8.77. The van der Waals surface area contributed by atoms with Crippen molar-refractivity contribution in [2.75, 3.05) is 60.9 Å². The standard InChI is InChI=1S/C12H27N3/c1-13(2)8-9-15(4)11-12-6-5-7-14(3)10-12/h12H,5-11H2,1-4H3. The van der Waals surface area contributed by atoms with Crippen LogP contribution in [0.25, 0.3) is 0 Å². The highest BCUT2D eigenvalue weighted by molar-refractivity contribution is 4.73. The monoisotopic (exact) mass is 213 g/mol. The number of nitrogens with zero attached hydrogens (tertiary/aromatic N) is 3. The lowest BCUT2D eigenvalue weighted by Gasteiger charge is -2.32. The van der Waals surface area contributed by atoms with Gasteiger partial charge in [-0.25, -0.2) is 0 Å². The molecular formula is C12H27N3. The summed E-state index contributed by atoms with van der Waals surface area (Å²) in [6.07, 6.45) is 2.79. The Morgan fingerprint density at radius 1 is 1.20 bits per heavy atom. The van der Waals surface area contributed by atoms with Crippen molar-refractivity contribution in [2.24, 2.45) is 5.92 Å². The first-order valence-corrected chi connectivity index (χ1v) is 6.09. The van der Waals surface area contributed by atoms with E-state index >= 15 is 0 Å². The Morgan fingerprint density at radius 3 is 2.53 bits per heavy atom. The molecule has 3 heteroatoms. The summed E-state index contributed by atoms with van der Waals surface area (Å²) in [4.78, 5) is 7.20. The van der Waals surface area contributed by atoms with Crippen molar-refractivity contribution in [2.45, 2.75) is 12.8 Å². The summed E-state index contributed by atoms with van der Waals surface area (Å²) in [5.74, 6) is 0.885. The third kappa shape index (κ3) is 5.50. The molecule has 0 amide bonds. The number of hydrogen-bond acceptors (Lipinski definition) is 3. The first-order chi connectivity index (χ1) is 7.08. The van der Waals surface area contributed by atoms with Crippen LogP contribution in [0.4, 0.5) is 0 Å². The zero-order valence-corrected chi connectivity index (χ0v) is 10.9. The van der Waals surface area contributed by atoms with Crippen molar-refractivity contribution < 1.29 is 0 Å². The van der Waals surface area contributed by atoms with E-state index < -0.39 is 0 Å². The minimum absolute atomic E-state index is 0.885. The SMILES string of the molecule is CN(C)CCN(C)CC1CCCN(C)C1. The van der Waals surface area contributed by atoms with Crippen LogP contribution in [0.2, 0.25) is 0 Å². The lowest BCUT2D eigenvalue weighted by molar-refractivity contribution is 0.161. The quantitative estimate of drug-likeness (QED) is 0.669. The molecule has 90 valence electrons. The van der Waals surface area contributed by atoms with Gasteiger partial charge in [-0.15, -0.1) is 0 Å².